The van der Waals surface area contributed by atoms with Gasteiger partial charge in [-0.05, 0) is 25.8 Å². The van der Waals surface area contributed by atoms with Gasteiger partial charge in [0.05, 0.1) is 13.2 Å². The van der Waals surface area contributed by atoms with E-state index >= 15 is 0 Å². The van der Waals surface area contributed by atoms with Crippen molar-refractivity contribution in [2.45, 2.75) is 68.3 Å². The molecule has 118 valence electrons. The molecule has 2 fully saturated rings. The molecule has 2 rings (SSSR count). The number of ether oxygens (including phenoxy) is 2. The minimum atomic E-state index is -0.318. The normalized spacial score (nSPS) is 30.8. The molecular formula is C15H29NO3S. The van der Waals surface area contributed by atoms with Gasteiger partial charge in [0.1, 0.15) is 0 Å². The molecule has 0 bridgehead atoms. The number of nitrogens with one attached hydrogen (secondary N) is 1. The molecule has 3 atom stereocenters. The van der Waals surface area contributed by atoms with Crippen molar-refractivity contribution in [3.8, 4) is 0 Å². The van der Waals surface area contributed by atoms with Crippen LogP contribution in [0, 0.1) is 0 Å². The van der Waals surface area contributed by atoms with Crippen molar-refractivity contribution >= 4 is 11.8 Å². The summed E-state index contributed by atoms with van der Waals surface area (Å²) in [5, 5.41) is 13.8. The average molecular weight is 303 g/mol. The number of aliphatic hydroxyl groups is 1. The molecule has 1 spiro atoms. The Kier molecular flexibility index (Phi) is 6.62. The molecule has 1 saturated carbocycles. The van der Waals surface area contributed by atoms with Crippen LogP contribution in [0.5, 0.6) is 0 Å². The fourth-order valence-electron chi connectivity index (χ4n) is 3.13. The summed E-state index contributed by atoms with van der Waals surface area (Å²) in [4.78, 5) is 0. The summed E-state index contributed by atoms with van der Waals surface area (Å²) in [5.74, 6) is -0.318. The summed E-state index contributed by atoms with van der Waals surface area (Å²) in [6.45, 7) is 7.22. The Morgan fingerprint density at radius 3 is 2.80 bits per heavy atom. The number of rotatable bonds is 7. The van der Waals surface area contributed by atoms with E-state index in [1.165, 1.54) is 0 Å². The van der Waals surface area contributed by atoms with E-state index in [2.05, 4.69) is 19.2 Å². The third-order valence-corrected chi connectivity index (χ3v) is 5.76. The highest BCUT2D eigenvalue weighted by Crippen LogP contribution is 2.41. The predicted octanol–water partition coefficient (Wildman–Crippen LogP) is 2.15. The Hall–Kier alpha value is 0.190. The fraction of sp³-hybridized carbons (Fsp3) is 1.00. The Morgan fingerprint density at radius 2 is 2.15 bits per heavy atom. The van der Waals surface area contributed by atoms with Gasteiger partial charge in [-0.2, -0.15) is 11.8 Å². The van der Waals surface area contributed by atoms with Crippen LogP contribution in [0.3, 0.4) is 0 Å². The van der Waals surface area contributed by atoms with Crippen molar-refractivity contribution < 1.29 is 14.6 Å². The molecule has 1 heterocycles. The first kappa shape index (κ1) is 16.6. The highest BCUT2D eigenvalue weighted by Gasteiger charge is 2.45. The molecule has 4 nitrogen and oxygen atoms in total. The van der Waals surface area contributed by atoms with Crippen LogP contribution in [0.15, 0.2) is 0 Å². The summed E-state index contributed by atoms with van der Waals surface area (Å²) in [6, 6.07) is 0.541. The lowest BCUT2D eigenvalue weighted by atomic mass is 9.89. The van der Waals surface area contributed by atoms with Gasteiger partial charge < -0.3 is 19.9 Å². The Morgan fingerprint density at radius 1 is 1.40 bits per heavy atom. The van der Waals surface area contributed by atoms with Crippen molar-refractivity contribution in [2.75, 3.05) is 26.4 Å². The Balaban J connectivity index is 1.94. The monoisotopic (exact) mass is 303 g/mol. The Labute approximate surface area is 127 Å². The maximum atomic E-state index is 9.10. The van der Waals surface area contributed by atoms with Gasteiger partial charge in [-0.3, -0.25) is 0 Å². The maximum Gasteiger partial charge on any atom is 0.169 e. The third-order valence-electron chi connectivity index (χ3n) is 4.21. The second kappa shape index (κ2) is 7.99. The van der Waals surface area contributed by atoms with Gasteiger partial charge >= 0.3 is 0 Å². The molecule has 2 N–H and O–H groups in total. The number of hydrogen-bond acceptors (Lipinski definition) is 5. The van der Waals surface area contributed by atoms with Crippen LogP contribution in [0.1, 0.15) is 46.0 Å². The first-order valence-electron chi connectivity index (χ1n) is 7.97. The van der Waals surface area contributed by atoms with Crippen LogP contribution >= 0.6 is 11.8 Å². The van der Waals surface area contributed by atoms with Crippen LogP contribution in [-0.2, 0) is 9.47 Å². The van der Waals surface area contributed by atoms with Crippen LogP contribution in [0.2, 0.25) is 0 Å². The van der Waals surface area contributed by atoms with Crippen LogP contribution in [0.25, 0.3) is 0 Å². The maximum absolute atomic E-state index is 9.10. The lowest BCUT2D eigenvalue weighted by molar-refractivity contribution is -0.178. The fourth-order valence-corrected chi connectivity index (χ4v) is 4.74. The molecule has 3 unspecified atom stereocenters. The van der Waals surface area contributed by atoms with Crippen LogP contribution < -0.4 is 5.32 Å². The molecular weight excluding hydrogens is 274 g/mol. The molecule has 1 aliphatic heterocycles. The van der Waals surface area contributed by atoms with Gasteiger partial charge in [0.2, 0.25) is 0 Å². The minimum Gasteiger partial charge on any atom is -0.396 e. The first-order chi connectivity index (χ1) is 9.69. The lowest BCUT2D eigenvalue weighted by Crippen LogP contribution is -2.50. The second-order valence-corrected chi connectivity index (χ2v) is 7.59. The summed E-state index contributed by atoms with van der Waals surface area (Å²) < 4.78 is 11.8. The van der Waals surface area contributed by atoms with E-state index in [0.717, 1.165) is 51.9 Å². The average Bonchev–Trinajstić information content (AvgIpc) is 2.86. The molecule has 0 aromatic heterocycles. The van der Waals surface area contributed by atoms with Gasteiger partial charge in [0, 0.05) is 36.0 Å². The third kappa shape index (κ3) is 4.34. The summed E-state index contributed by atoms with van der Waals surface area (Å²) in [7, 11) is 0. The predicted molar refractivity (Wildman–Crippen MR) is 83.1 cm³/mol. The largest absolute Gasteiger partial charge is 0.396 e. The molecule has 0 aromatic carbocycles. The molecule has 1 aliphatic carbocycles. The Bertz CT molecular complexity index is 284. The summed E-state index contributed by atoms with van der Waals surface area (Å²) in [5.41, 5.74) is 0. The van der Waals surface area contributed by atoms with Crippen molar-refractivity contribution in [3.63, 3.8) is 0 Å². The van der Waals surface area contributed by atoms with Crippen LogP contribution in [0.4, 0.5) is 0 Å². The standard InChI is InChI=1S/C15H29NO3S/c1-3-7-16-13-4-6-15(18-9-10-19-15)11-14(13)20-12(2)5-8-17/h12-14,16-17H,3-11H2,1-2H3. The van der Waals surface area contributed by atoms with Crippen molar-refractivity contribution in [1.82, 2.24) is 5.32 Å². The molecule has 1 saturated heterocycles. The molecule has 0 radical (unpaired) electrons. The molecule has 5 heteroatoms. The second-order valence-electron chi connectivity index (χ2n) is 5.91. The lowest BCUT2D eigenvalue weighted by Gasteiger charge is -2.42. The van der Waals surface area contributed by atoms with E-state index in [0.29, 0.717) is 16.5 Å². The molecule has 2 aliphatic rings. The van der Waals surface area contributed by atoms with Crippen LogP contribution in [-0.4, -0.2) is 53.8 Å². The van der Waals surface area contributed by atoms with Gasteiger partial charge in [-0.25, -0.2) is 0 Å². The first-order valence-corrected chi connectivity index (χ1v) is 8.91. The SMILES string of the molecule is CCCNC1CCC2(CC1SC(C)CCO)OCCO2. The molecule has 0 amide bonds. The highest BCUT2D eigenvalue weighted by molar-refractivity contribution is 8.00. The van der Waals surface area contributed by atoms with E-state index in [1.54, 1.807) is 0 Å². The van der Waals surface area contributed by atoms with E-state index in [-0.39, 0.29) is 12.4 Å². The van der Waals surface area contributed by atoms with Crippen molar-refractivity contribution in [2.24, 2.45) is 0 Å². The van der Waals surface area contributed by atoms with Gasteiger partial charge in [0.25, 0.3) is 0 Å². The summed E-state index contributed by atoms with van der Waals surface area (Å²) >= 11 is 1.98. The van der Waals surface area contributed by atoms with Crippen molar-refractivity contribution in [1.29, 1.82) is 0 Å². The zero-order chi connectivity index (χ0) is 14.4. The number of aliphatic hydroxyl groups excluding tert-OH is 1. The van der Waals surface area contributed by atoms with E-state index < -0.39 is 0 Å². The smallest absolute Gasteiger partial charge is 0.169 e. The van der Waals surface area contributed by atoms with Gasteiger partial charge in [-0.15, -0.1) is 0 Å². The summed E-state index contributed by atoms with van der Waals surface area (Å²) in [6.07, 6.45) is 5.10. The van der Waals surface area contributed by atoms with Gasteiger partial charge in [0.15, 0.2) is 5.79 Å². The molecule has 0 aromatic rings. The van der Waals surface area contributed by atoms with E-state index in [4.69, 9.17) is 14.6 Å². The van der Waals surface area contributed by atoms with Crippen molar-refractivity contribution in [3.05, 3.63) is 0 Å². The zero-order valence-corrected chi connectivity index (χ0v) is 13.6. The number of thioether (sulfide) groups is 1. The van der Waals surface area contributed by atoms with E-state index in [1.807, 2.05) is 11.8 Å². The molecule has 20 heavy (non-hydrogen) atoms. The van der Waals surface area contributed by atoms with Gasteiger partial charge in [-0.1, -0.05) is 13.8 Å². The zero-order valence-electron chi connectivity index (χ0n) is 12.8. The number of hydrogen-bond donors (Lipinski definition) is 2. The highest BCUT2D eigenvalue weighted by atomic mass is 32.2. The quantitative estimate of drug-likeness (QED) is 0.755. The van der Waals surface area contributed by atoms with E-state index in [9.17, 15) is 0 Å². The topological polar surface area (TPSA) is 50.7 Å². The minimum absolute atomic E-state index is 0.270.